The third-order valence-corrected chi connectivity index (χ3v) is 5.98. The Morgan fingerprint density at radius 2 is 1.96 bits per heavy atom. The molecule has 144 valence electrons. The number of carbonyl (C=O) groups is 1. The van der Waals surface area contributed by atoms with Crippen LogP contribution in [0.1, 0.15) is 48.9 Å². The minimum atomic E-state index is 0.213. The average Bonchev–Trinajstić information content (AvgIpc) is 3.48. The summed E-state index contributed by atoms with van der Waals surface area (Å²) < 4.78 is 5.44. The fourth-order valence-corrected chi connectivity index (χ4v) is 4.28. The normalized spacial score (nSPS) is 19.9. The van der Waals surface area contributed by atoms with E-state index < -0.39 is 0 Å². The van der Waals surface area contributed by atoms with Gasteiger partial charge in [0.25, 0.3) is 0 Å². The van der Waals surface area contributed by atoms with Gasteiger partial charge in [0.05, 0.1) is 6.42 Å². The summed E-state index contributed by atoms with van der Waals surface area (Å²) in [5, 5.41) is 6.47. The molecular formula is C23H25N3O2. The molecule has 1 saturated heterocycles. The van der Waals surface area contributed by atoms with Crippen LogP contribution in [-0.2, 0) is 17.6 Å². The van der Waals surface area contributed by atoms with Gasteiger partial charge in [-0.25, -0.2) is 0 Å². The van der Waals surface area contributed by atoms with Crippen molar-refractivity contribution in [3.05, 3.63) is 59.7 Å². The van der Waals surface area contributed by atoms with E-state index in [1.807, 2.05) is 23.1 Å². The Morgan fingerprint density at radius 3 is 2.86 bits per heavy atom. The molecule has 1 saturated carbocycles. The molecule has 0 spiro atoms. The predicted octanol–water partition coefficient (Wildman–Crippen LogP) is 4.12. The van der Waals surface area contributed by atoms with E-state index in [-0.39, 0.29) is 5.91 Å². The van der Waals surface area contributed by atoms with Crippen molar-refractivity contribution in [2.45, 2.75) is 44.4 Å². The van der Waals surface area contributed by atoms with Gasteiger partial charge in [-0.2, -0.15) is 4.98 Å². The van der Waals surface area contributed by atoms with Crippen LogP contribution in [0.4, 0.5) is 0 Å². The van der Waals surface area contributed by atoms with Crippen LogP contribution in [0.2, 0.25) is 0 Å². The molecule has 0 unspecified atom stereocenters. The van der Waals surface area contributed by atoms with Crippen LogP contribution < -0.4 is 0 Å². The fraction of sp³-hybridized carbons (Fsp3) is 0.435. The summed E-state index contributed by atoms with van der Waals surface area (Å²) in [6.45, 7) is 1.63. The molecule has 0 radical (unpaired) electrons. The number of carbonyl (C=O) groups excluding carboxylic acids is 1. The second-order valence-corrected chi connectivity index (χ2v) is 8.19. The highest BCUT2D eigenvalue weighted by molar-refractivity contribution is 5.90. The quantitative estimate of drug-likeness (QED) is 0.673. The maximum Gasteiger partial charge on any atom is 0.227 e. The Bertz CT molecular complexity index is 987. The maximum atomic E-state index is 13.0. The Labute approximate surface area is 164 Å². The number of piperidine rings is 1. The predicted molar refractivity (Wildman–Crippen MR) is 107 cm³/mol. The molecule has 1 amide bonds. The summed E-state index contributed by atoms with van der Waals surface area (Å²) >= 11 is 0. The van der Waals surface area contributed by atoms with Gasteiger partial charge in [-0.3, -0.25) is 4.79 Å². The van der Waals surface area contributed by atoms with Crippen LogP contribution in [-0.4, -0.2) is 34.0 Å². The molecule has 5 nitrogen and oxygen atoms in total. The lowest BCUT2D eigenvalue weighted by Gasteiger charge is -2.32. The molecule has 1 aliphatic carbocycles. The number of rotatable bonds is 5. The van der Waals surface area contributed by atoms with Crippen LogP contribution in [0, 0.1) is 5.92 Å². The number of hydrogen-bond donors (Lipinski definition) is 0. The van der Waals surface area contributed by atoms with Crippen molar-refractivity contribution >= 4 is 16.7 Å². The number of fused-ring (bicyclic) bond motifs is 1. The molecule has 2 heterocycles. The van der Waals surface area contributed by atoms with Gasteiger partial charge in [-0.15, -0.1) is 0 Å². The Kier molecular flexibility index (Phi) is 4.59. The zero-order valence-corrected chi connectivity index (χ0v) is 16.0. The molecule has 3 aromatic rings. The van der Waals surface area contributed by atoms with E-state index in [1.54, 1.807) is 0 Å². The standard InChI is InChI=1S/C23H25N3O2/c27-22(14-19-8-3-7-17-6-1-2-9-20(17)19)26-12-4-5-16(15-26)13-21-24-23(25-28-21)18-10-11-18/h1-3,6-9,16,18H,4-5,10-15H2/t16-/m0/s1. The average molecular weight is 375 g/mol. The highest BCUT2D eigenvalue weighted by Crippen LogP contribution is 2.38. The van der Waals surface area contributed by atoms with E-state index in [9.17, 15) is 4.79 Å². The van der Waals surface area contributed by atoms with Gasteiger partial charge in [0.15, 0.2) is 5.82 Å². The zero-order chi connectivity index (χ0) is 18.9. The lowest BCUT2D eigenvalue weighted by molar-refractivity contribution is -0.132. The Hall–Kier alpha value is -2.69. The topological polar surface area (TPSA) is 59.2 Å². The highest BCUT2D eigenvalue weighted by atomic mass is 16.5. The second-order valence-electron chi connectivity index (χ2n) is 8.19. The molecule has 2 fully saturated rings. The molecule has 1 aromatic heterocycles. The zero-order valence-electron chi connectivity index (χ0n) is 16.0. The van der Waals surface area contributed by atoms with Crippen LogP contribution >= 0.6 is 0 Å². The number of benzene rings is 2. The number of aromatic nitrogens is 2. The lowest BCUT2D eigenvalue weighted by Crippen LogP contribution is -2.41. The minimum Gasteiger partial charge on any atom is -0.342 e. The van der Waals surface area contributed by atoms with Gasteiger partial charge in [0, 0.05) is 25.4 Å². The van der Waals surface area contributed by atoms with Gasteiger partial charge in [-0.1, -0.05) is 47.6 Å². The van der Waals surface area contributed by atoms with Crippen LogP contribution in [0.15, 0.2) is 47.0 Å². The Morgan fingerprint density at radius 1 is 1.11 bits per heavy atom. The maximum absolute atomic E-state index is 13.0. The van der Waals surface area contributed by atoms with Crippen LogP contribution in [0.5, 0.6) is 0 Å². The smallest absolute Gasteiger partial charge is 0.227 e. The molecule has 5 heteroatoms. The summed E-state index contributed by atoms with van der Waals surface area (Å²) in [6, 6.07) is 14.5. The SMILES string of the molecule is O=C(Cc1cccc2ccccc12)N1CCC[C@@H](Cc2nc(C3CC3)no2)C1. The minimum absolute atomic E-state index is 0.213. The number of hydrogen-bond acceptors (Lipinski definition) is 4. The summed E-state index contributed by atoms with van der Waals surface area (Å²) in [5.74, 6) is 2.73. The van der Waals surface area contributed by atoms with E-state index in [0.717, 1.165) is 49.6 Å². The largest absolute Gasteiger partial charge is 0.342 e. The molecule has 0 bridgehead atoms. The molecule has 5 rings (SSSR count). The van der Waals surface area contributed by atoms with Gasteiger partial charge < -0.3 is 9.42 Å². The van der Waals surface area contributed by atoms with Gasteiger partial charge in [0.2, 0.25) is 11.8 Å². The van der Waals surface area contributed by atoms with Crippen LogP contribution in [0.3, 0.4) is 0 Å². The first-order valence-electron chi connectivity index (χ1n) is 10.3. The van der Waals surface area contributed by atoms with Gasteiger partial charge in [0.1, 0.15) is 0 Å². The number of likely N-dealkylation sites (tertiary alicyclic amines) is 1. The first-order chi connectivity index (χ1) is 13.8. The Balaban J connectivity index is 1.24. The second kappa shape index (κ2) is 7.38. The molecule has 2 aliphatic rings. The van der Waals surface area contributed by atoms with Crippen LogP contribution in [0.25, 0.3) is 10.8 Å². The van der Waals surface area contributed by atoms with E-state index in [1.165, 1.54) is 23.6 Å². The highest BCUT2D eigenvalue weighted by Gasteiger charge is 2.30. The van der Waals surface area contributed by atoms with Crippen molar-refractivity contribution in [2.24, 2.45) is 5.92 Å². The van der Waals surface area contributed by atoms with Crippen molar-refractivity contribution in [1.29, 1.82) is 0 Å². The molecular weight excluding hydrogens is 350 g/mol. The van der Waals surface area contributed by atoms with E-state index in [0.29, 0.717) is 18.3 Å². The first-order valence-corrected chi connectivity index (χ1v) is 10.3. The molecule has 2 aromatic carbocycles. The summed E-state index contributed by atoms with van der Waals surface area (Å²) in [7, 11) is 0. The van der Waals surface area contributed by atoms with Crippen molar-refractivity contribution in [3.8, 4) is 0 Å². The van der Waals surface area contributed by atoms with Crippen molar-refractivity contribution in [2.75, 3.05) is 13.1 Å². The van der Waals surface area contributed by atoms with E-state index >= 15 is 0 Å². The molecule has 1 aliphatic heterocycles. The lowest BCUT2D eigenvalue weighted by atomic mass is 9.94. The van der Waals surface area contributed by atoms with E-state index in [2.05, 4.69) is 34.4 Å². The number of amides is 1. The van der Waals surface area contributed by atoms with Gasteiger partial charge >= 0.3 is 0 Å². The van der Waals surface area contributed by atoms with Crippen molar-refractivity contribution in [1.82, 2.24) is 15.0 Å². The summed E-state index contributed by atoms with van der Waals surface area (Å²) in [6.07, 6.45) is 5.74. The summed E-state index contributed by atoms with van der Waals surface area (Å²) in [5.41, 5.74) is 1.11. The van der Waals surface area contributed by atoms with Crippen molar-refractivity contribution < 1.29 is 9.32 Å². The number of nitrogens with zero attached hydrogens (tertiary/aromatic N) is 3. The molecule has 28 heavy (non-hydrogen) atoms. The molecule has 1 atom stereocenters. The molecule has 0 N–H and O–H groups in total. The summed E-state index contributed by atoms with van der Waals surface area (Å²) in [4.78, 5) is 19.6. The third kappa shape index (κ3) is 3.66. The fourth-order valence-electron chi connectivity index (χ4n) is 4.28. The van der Waals surface area contributed by atoms with E-state index in [4.69, 9.17) is 4.52 Å². The van der Waals surface area contributed by atoms with Gasteiger partial charge in [-0.05, 0) is 47.9 Å². The van der Waals surface area contributed by atoms with Crippen molar-refractivity contribution in [3.63, 3.8) is 0 Å². The first kappa shape index (κ1) is 17.4. The monoisotopic (exact) mass is 375 g/mol. The third-order valence-electron chi connectivity index (χ3n) is 5.98.